The second-order valence-electron chi connectivity index (χ2n) is 5.55. The number of methoxy groups -OCH3 is 1. The minimum absolute atomic E-state index is 0.0516. The fourth-order valence-corrected chi connectivity index (χ4v) is 3.42. The summed E-state index contributed by atoms with van der Waals surface area (Å²) in [7, 11) is 1.66. The second kappa shape index (κ2) is 10.6. The van der Waals surface area contributed by atoms with Crippen LogP contribution in [0.4, 0.5) is 0 Å². The van der Waals surface area contributed by atoms with E-state index in [9.17, 15) is 4.79 Å². The average Bonchev–Trinajstić information content (AvgIpc) is 2.62. The lowest BCUT2D eigenvalue weighted by molar-refractivity contribution is -0.118. The van der Waals surface area contributed by atoms with Crippen LogP contribution < -0.4 is 10.1 Å². The smallest absolute Gasteiger partial charge is 0.230 e. The highest BCUT2D eigenvalue weighted by atomic mass is 35.5. The lowest BCUT2D eigenvalue weighted by Gasteiger charge is -2.07. The van der Waals surface area contributed by atoms with Crippen LogP contribution in [-0.4, -0.2) is 25.3 Å². The van der Waals surface area contributed by atoms with Crippen molar-refractivity contribution in [3.05, 3.63) is 63.6 Å². The quantitative estimate of drug-likeness (QED) is 0.605. The van der Waals surface area contributed by atoms with E-state index in [0.29, 0.717) is 22.3 Å². The zero-order chi connectivity index (χ0) is 18.1. The maximum Gasteiger partial charge on any atom is 0.230 e. The van der Waals surface area contributed by atoms with E-state index in [1.807, 2.05) is 30.3 Å². The summed E-state index contributed by atoms with van der Waals surface area (Å²) in [5, 5.41) is 4.04. The first-order valence-electron chi connectivity index (χ1n) is 8.00. The van der Waals surface area contributed by atoms with Crippen LogP contribution in [0.2, 0.25) is 10.0 Å². The van der Waals surface area contributed by atoms with Gasteiger partial charge in [0, 0.05) is 12.3 Å². The van der Waals surface area contributed by atoms with Gasteiger partial charge in [0.2, 0.25) is 5.91 Å². The highest BCUT2D eigenvalue weighted by Crippen LogP contribution is 2.24. The zero-order valence-electron chi connectivity index (χ0n) is 14.1. The molecule has 0 spiro atoms. The van der Waals surface area contributed by atoms with Gasteiger partial charge in [-0.25, -0.2) is 0 Å². The standard InChI is InChI=1S/C19H21Cl2NO2S/c1-24-16-6-2-4-14(10-16)5-3-9-22-19(23)13-25-12-15-7-8-17(20)18(21)11-15/h2,4,6-8,10-11H,3,5,9,12-13H2,1H3,(H,22,23). The normalized spacial score (nSPS) is 10.5. The van der Waals surface area contributed by atoms with Crippen LogP contribution >= 0.6 is 35.0 Å². The molecule has 0 saturated carbocycles. The molecule has 0 saturated heterocycles. The molecule has 0 fully saturated rings. The highest BCUT2D eigenvalue weighted by molar-refractivity contribution is 7.99. The van der Waals surface area contributed by atoms with Gasteiger partial charge < -0.3 is 10.1 Å². The van der Waals surface area contributed by atoms with Gasteiger partial charge in [-0.05, 0) is 48.2 Å². The maximum absolute atomic E-state index is 11.9. The number of carbonyl (C=O) groups is 1. The van der Waals surface area contributed by atoms with Crippen LogP contribution in [0.3, 0.4) is 0 Å². The Morgan fingerprint density at radius 3 is 2.72 bits per heavy atom. The number of thioether (sulfide) groups is 1. The largest absolute Gasteiger partial charge is 0.497 e. The average molecular weight is 398 g/mol. The molecule has 1 amide bonds. The number of hydrogen-bond donors (Lipinski definition) is 1. The number of carbonyl (C=O) groups excluding carboxylic acids is 1. The van der Waals surface area contributed by atoms with Crippen molar-refractivity contribution >= 4 is 40.9 Å². The van der Waals surface area contributed by atoms with E-state index >= 15 is 0 Å². The van der Waals surface area contributed by atoms with Gasteiger partial charge in [0.15, 0.2) is 0 Å². The van der Waals surface area contributed by atoms with Crippen LogP contribution in [0.25, 0.3) is 0 Å². The minimum atomic E-state index is 0.0516. The molecule has 2 aromatic carbocycles. The molecule has 0 radical (unpaired) electrons. The highest BCUT2D eigenvalue weighted by Gasteiger charge is 2.04. The number of nitrogens with one attached hydrogen (secondary N) is 1. The van der Waals surface area contributed by atoms with E-state index in [4.69, 9.17) is 27.9 Å². The fraction of sp³-hybridized carbons (Fsp3) is 0.316. The first-order valence-corrected chi connectivity index (χ1v) is 9.91. The molecular formula is C19H21Cl2NO2S. The van der Waals surface area contributed by atoms with Gasteiger partial charge in [-0.15, -0.1) is 11.8 Å². The summed E-state index contributed by atoms with van der Waals surface area (Å²) in [4.78, 5) is 11.9. The van der Waals surface area contributed by atoms with Crippen molar-refractivity contribution in [1.29, 1.82) is 0 Å². The Hall–Kier alpha value is -1.36. The Morgan fingerprint density at radius 2 is 1.96 bits per heavy atom. The van der Waals surface area contributed by atoms with E-state index in [-0.39, 0.29) is 5.91 Å². The molecule has 6 heteroatoms. The summed E-state index contributed by atoms with van der Waals surface area (Å²) in [6.45, 7) is 0.670. The van der Waals surface area contributed by atoms with Crippen molar-refractivity contribution < 1.29 is 9.53 Å². The van der Waals surface area contributed by atoms with Gasteiger partial charge in [0.1, 0.15) is 5.75 Å². The number of hydrogen-bond acceptors (Lipinski definition) is 3. The van der Waals surface area contributed by atoms with Crippen molar-refractivity contribution in [3.8, 4) is 5.75 Å². The van der Waals surface area contributed by atoms with Crippen LogP contribution in [-0.2, 0) is 17.0 Å². The van der Waals surface area contributed by atoms with Crippen LogP contribution in [0.5, 0.6) is 5.75 Å². The topological polar surface area (TPSA) is 38.3 Å². The maximum atomic E-state index is 11.9. The van der Waals surface area contributed by atoms with Gasteiger partial charge in [0.05, 0.1) is 22.9 Å². The Bertz CT molecular complexity index is 710. The Kier molecular flexibility index (Phi) is 8.45. The van der Waals surface area contributed by atoms with Crippen LogP contribution in [0.15, 0.2) is 42.5 Å². The molecule has 0 unspecified atom stereocenters. The molecule has 0 heterocycles. The lowest BCUT2D eigenvalue weighted by Crippen LogP contribution is -2.26. The third-order valence-electron chi connectivity index (χ3n) is 3.58. The molecule has 2 aromatic rings. The second-order valence-corrected chi connectivity index (χ2v) is 7.35. The number of aryl methyl sites for hydroxylation is 1. The first-order chi connectivity index (χ1) is 12.1. The molecule has 0 aromatic heterocycles. The SMILES string of the molecule is COc1cccc(CCCNC(=O)CSCc2ccc(Cl)c(Cl)c2)c1. The Labute approximate surface area is 163 Å². The van der Waals surface area contributed by atoms with Crippen molar-refractivity contribution in [3.63, 3.8) is 0 Å². The van der Waals surface area contributed by atoms with Crippen LogP contribution in [0, 0.1) is 0 Å². The number of halogens is 2. The van der Waals surface area contributed by atoms with E-state index in [2.05, 4.69) is 11.4 Å². The van der Waals surface area contributed by atoms with Crippen LogP contribution in [0.1, 0.15) is 17.5 Å². The summed E-state index contributed by atoms with van der Waals surface area (Å²) < 4.78 is 5.21. The van der Waals surface area contributed by atoms with Crippen molar-refractivity contribution in [1.82, 2.24) is 5.32 Å². The molecule has 2 rings (SSSR count). The van der Waals surface area contributed by atoms with Gasteiger partial charge in [0.25, 0.3) is 0 Å². The Morgan fingerprint density at radius 1 is 1.12 bits per heavy atom. The summed E-state index contributed by atoms with van der Waals surface area (Å²) >= 11 is 13.4. The minimum Gasteiger partial charge on any atom is -0.497 e. The molecule has 25 heavy (non-hydrogen) atoms. The first kappa shape index (κ1) is 20.0. The number of rotatable bonds is 9. The van der Waals surface area contributed by atoms with Crippen molar-refractivity contribution in [2.24, 2.45) is 0 Å². The van der Waals surface area contributed by atoms with Gasteiger partial charge in [-0.2, -0.15) is 0 Å². The Balaban J connectivity index is 1.61. The summed E-state index contributed by atoms with van der Waals surface area (Å²) in [6, 6.07) is 13.5. The van der Waals surface area contributed by atoms with Gasteiger partial charge in [-0.1, -0.05) is 41.4 Å². The van der Waals surface area contributed by atoms with Crippen molar-refractivity contribution in [2.45, 2.75) is 18.6 Å². The fourth-order valence-electron chi connectivity index (χ4n) is 2.29. The van der Waals surface area contributed by atoms with E-state index in [1.165, 1.54) is 5.56 Å². The monoisotopic (exact) mass is 397 g/mol. The zero-order valence-corrected chi connectivity index (χ0v) is 16.4. The third-order valence-corrected chi connectivity index (χ3v) is 5.33. The molecule has 0 atom stereocenters. The molecular weight excluding hydrogens is 377 g/mol. The molecule has 134 valence electrons. The lowest BCUT2D eigenvalue weighted by atomic mass is 10.1. The molecule has 0 aliphatic carbocycles. The number of amides is 1. The van der Waals surface area contributed by atoms with E-state index < -0.39 is 0 Å². The summed E-state index contributed by atoms with van der Waals surface area (Å²) in [5.74, 6) is 2.07. The third kappa shape index (κ3) is 7.18. The molecule has 0 bridgehead atoms. The molecule has 3 nitrogen and oxygen atoms in total. The number of benzene rings is 2. The summed E-state index contributed by atoms with van der Waals surface area (Å²) in [5.41, 5.74) is 2.27. The van der Waals surface area contributed by atoms with Gasteiger partial charge in [-0.3, -0.25) is 4.79 Å². The molecule has 0 aliphatic heterocycles. The predicted octanol–water partition coefficient (Wildman–Crippen LogP) is 4.98. The van der Waals surface area contributed by atoms with Crippen molar-refractivity contribution in [2.75, 3.05) is 19.4 Å². The predicted molar refractivity (Wildman–Crippen MR) is 107 cm³/mol. The molecule has 0 aliphatic rings. The summed E-state index contributed by atoms with van der Waals surface area (Å²) in [6.07, 6.45) is 1.81. The van der Waals surface area contributed by atoms with E-state index in [1.54, 1.807) is 24.9 Å². The molecule has 1 N–H and O–H groups in total. The van der Waals surface area contributed by atoms with E-state index in [0.717, 1.165) is 29.9 Å². The van der Waals surface area contributed by atoms with Gasteiger partial charge >= 0.3 is 0 Å². The number of ether oxygens (including phenoxy) is 1.